The monoisotopic (exact) mass is 204 g/mol. The molecule has 1 N–H and O–H groups in total. The van der Waals surface area contributed by atoms with Gasteiger partial charge in [0.25, 0.3) is 0 Å². The van der Waals surface area contributed by atoms with Gasteiger partial charge in [-0.15, -0.1) is 6.42 Å². The Labute approximate surface area is 88.7 Å². The summed E-state index contributed by atoms with van der Waals surface area (Å²) in [6.07, 6.45) is 4.01. The number of aliphatic hydroxyl groups excluding tert-OH is 1. The van der Waals surface area contributed by atoms with Crippen LogP contribution in [0.2, 0.25) is 0 Å². The lowest BCUT2D eigenvalue weighted by atomic mass is 10.1. The standard InChI is InChI=1S/C12H12O3/c1-2-8-15-12(14)9-11(13)10-6-4-3-5-7-10/h1,3-7,11,13H,8-9H2. The number of rotatable bonds is 4. The normalized spacial score (nSPS) is 11.5. The lowest BCUT2D eigenvalue weighted by Gasteiger charge is -2.09. The van der Waals surface area contributed by atoms with Crippen LogP contribution < -0.4 is 0 Å². The van der Waals surface area contributed by atoms with Gasteiger partial charge in [-0.05, 0) is 5.56 Å². The summed E-state index contributed by atoms with van der Waals surface area (Å²) < 4.78 is 4.65. The van der Waals surface area contributed by atoms with Crippen LogP contribution in [0.15, 0.2) is 30.3 Å². The maximum atomic E-state index is 11.1. The number of esters is 1. The van der Waals surface area contributed by atoms with Crippen molar-refractivity contribution in [2.45, 2.75) is 12.5 Å². The van der Waals surface area contributed by atoms with Gasteiger partial charge in [0.1, 0.15) is 0 Å². The molecule has 15 heavy (non-hydrogen) atoms. The van der Waals surface area contributed by atoms with E-state index >= 15 is 0 Å². The highest BCUT2D eigenvalue weighted by molar-refractivity contribution is 5.70. The second kappa shape index (κ2) is 5.84. The Kier molecular flexibility index (Phi) is 4.39. The first-order chi connectivity index (χ1) is 7.24. The van der Waals surface area contributed by atoms with Crippen LogP contribution in [-0.4, -0.2) is 17.7 Å². The van der Waals surface area contributed by atoms with Gasteiger partial charge in [-0.25, -0.2) is 0 Å². The number of hydrogen-bond donors (Lipinski definition) is 1. The van der Waals surface area contributed by atoms with Crippen molar-refractivity contribution in [3.05, 3.63) is 35.9 Å². The summed E-state index contributed by atoms with van der Waals surface area (Å²) in [6.45, 7) is -0.0552. The quantitative estimate of drug-likeness (QED) is 0.593. The van der Waals surface area contributed by atoms with E-state index in [1.807, 2.05) is 6.07 Å². The topological polar surface area (TPSA) is 46.5 Å². The SMILES string of the molecule is C#CCOC(=O)CC(O)c1ccccc1. The van der Waals surface area contributed by atoms with Crippen LogP contribution in [0.4, 0.5) is 0 Å². The fourth-order valence-electron chi connectivity index (χ4n) is 1.13. The first-order valence-electron chi connectivity index (χ1n) is 4.56. The molecule has 0 heterocycles. The molecule has 3 nitrogen and oxygen atoms in total. The van der Waals surface area contributed by atoms with Crippen molar-refractivity contribution < 1.29 is 14.6 Å². The summed E-state index contributed by atoms with van der Waals surface area (Å²) in [7, 11) is 0. The molecule has 0 radical (unpaired) electrons. The molecule has 1 unspecified atom stereocenters. The van der Waals surface area contributed by atoms with Crippen molar-refractivity contribution in [3.8, 4) is 12.3 Å². The minimum absolute atomic E-state index is 0.0552. The Bertz CT molecular complexity index is 351. The smallest absolute Gasteiger partial charge is 0.309 e. The van der Waals surface area contributed by atoms with Gasteiger partial charge in [0, 0.05) is 0 Å². The highest BCUT2D eigenvalue weighted by Gasteiger charge is 2.13. The summed E-state index contributed by atoms with van der Waals surface area (Å²) in [5, 5.41) is 9.64. The average Bonchev–Trinajstić information content (AvgIpc) is 2.27. The highest BCUT2D eigenvalue weighted by Crippen LogP contribution is 2.16. The van der Waals surface area contributed by atoms with Crippen LogP contribution >= 0.6 is 0 Å². The van der Waals surface area contributed by atoms with E-state index in [4.69, 9.17) is 6.42 Å². The lowest BCUT2D eigenvalue weighted by molar-refractivity contribution is -0.144. The molecule has 1 aromatic carbocycles. The van der Waals surface area contributed by atoms with E-state index in [0.29, 0.717) is 5.56 Å². The molecule has 0 aliphatic rings. The third-order valence-electron chi connectivity index (χ3n) is 1.86. The molecule has 3 heteroatoms. The molecule has 1 atom stereocenters. The number of benzene rings is 1. The lowest BCUT2D eigenvalue weighted by Crippen LogP contribution is -2.10. The average molecular weight is 204 g/mol. The number of carbonyl (C=O) groups is 1. The van der Waals surface area contributed by atoms with E-state index in [9.17, 15) is 9.90 Å². The fraction of sp³-hybridized carbons (Fsp3) is 0.250. The summed E-state index contributed by atoms with van der Waals surface area (Å²) in [4.78, 5) is 11.1. The Hall–Kier alpha value is -1.79. The van der Waals surface area contributed by atoms with Crippen molar-refractivity contribution >= 4 is 5.97 Å². The molecule has 0 amide bonds. The zero-order valence-corrected chi connectivity index (χ0v) is 8.22. The second-order valence-electron chi connectivity index (χ2n) is 3.00. The summed E-state index contributed by atoms with van der Waals surface area (Å²) in [6, 6.07) is 8.93. The van der Waals surface area contributed by atoms with Gasteiger partial charge in [0.15, 0.2) is 6.61 Å². The molecular formula is C12H12O3. The fourth-order valence-corrected chi connectivity index (χ4v) is 1.13. The minimum atomic E-state index is -0.837. The van der Waals surface area contributed by atoms with Gasteiger partial charge < -0.3 is 9.84 Å². The third kappa shape index (κ3) is 3.84. The summed E-state index contributed by atoms with van der Waals surface area (Å²) in [5.74, 6) is 1.69. The zero-order valence-electron chi connectivity index (χ0n) is 8.22. The summed E-state index contributed by atoms with van der Waals surface area (Å²) in [5.41, 5.74) is 0.690. The maximum Gasteiger partial charge on any atom is 0.309 e. The number of hydrogen-bond acceptors (Lipinski definition) is 3. The Balaban J connectivity index is 2.46. The predicted molar refractivity (Wildman–Crippen MR) is 55.8 cm³/mol. The maximum absolute atomic E-state index is 11.1. The zero-order chi connectivity index (χ0) is 11.1. The molecule has 0 aromatic heterocycles. The van der Waals surface area contributed by atoms with Crippen molar-refractivity contribution in [2.75, 3.05) is 6.61 Å². The number of ether oxygens (including phenoxy) is 1. The van der Waals surface area contributed by atoms with E-state index in [1.54, 1.807) is 24.3 Å². The molecule has 0 saturated carbocycles. The molecule has 0 spiro atoms. The van der Waals surface area contributed by atoms with Crippen LogP contribution in [-0.2, 0) is 9.53 Å². The Morgan fingerprint density at radius 1 is 1.47 bits per heavy atom. The van der Waals surface area contributed by atoms with Gasteiger partial charge in [-0.3, -0.25) is 4.79 Å². The molecule has 1 aromatic rings. The first kappa shape index (κ1) is 11.3. The molecule has 0 fully saturated rings. The van der Waals surface area contributed by atoms with E-state index in [-0.39, 0.29) is 13.0 Å². The van der Waals surface area contributed by atoms with Crippen LogP contribution in [0.25, 0.3) is 0 Å². The number of aliphatic hydroxyl groups is 1. The summed E-state index contributed by atoms with van der Waals surface area (Å²) >= 11 is 0. The minimum Gasteiger partial charge on any atom is -0.452 e. The van der Waals surface area contributed by atoms with Gasteiger partial charge in [0.2, 0.25) is 0 Å². The molecule has 1 rings (SSSR count). The van der Waals surface area contributed by atoms with Crippen molar-refractivity contribution in [1.82, 2.24) is 0 Å². The van der Waals surface area contributed by atoms with E-state index in [1.165, 1.54) is 0 Å². The van der Waals surface area contributed by atoms with Crippen LogP contribution in [0.5, 0.6) is 0 Å². The van der Waals surface area contributed by atoms with Gasteiger partial charge >= 0.3 is 5.97 Å². The van der Waals surface area contributed by atoms with Crippen LogP contribution in [0.1, 0.15) is 18.1 Å². The Morgan fingerprint density at radius 3 is 2.73 bits per heavy atom. The van der Waals surface area contributed by atoms with E-state index in [0.717, 1.165) is 0 Å². The van der Waals surface area contributed by atoms with Crippen molar-refractivity contribution in [3.63, 3.8) is 0 Å². The van der Waals surface area contributed by atoms with Gasteiger partial charge in [-0.1, -0.05) is 36.3 Å². The van der Waals surface area contributed by atoms with Gasteiger partial charge in [-0.2, -0.15) is 0 Å². The van der Waals surface area contributed by atoms with Crippen LogP contribution in [0, 0.1) is 12.3 Å². The highest BCUT2D eigenvalue weighted by atomic mass is 16.5. The number of terminal acetylenes is 1. The van der Waals surface area contributed by atoms with Crippen molar-refractivity contribution in [1.29, 1.82) is 0 Å². The van der Waals surface area contributed by atoms with Gasteiger partial charge in [0.05, 0.1) is 12.5 Å². The molecule has 78 valence electrons. The number of carbonyl (C=O) groups excluding carboxylic acids is 1. The molecule has 0 saturated heterocycles. The van der Waals surface area contributed by atoms with E-state index in [2.05, 4.69) is 10.7 Å². The first-order valence-corrected chi connectivity index (χ1v) is 4.56. The van der Waals surface area contributed by atoms with E-state index < -0.39 is 12.1 Å². The molecule has 0 aliphatic heterocycles. The largest absolute Gasteiger partial charge is 0.452 e. The predicted octanol–water partition coefficient (Wildman–Crippen LogP) is 1.29. The van der Waals surface area contributed by atoms with Crippen LogP contribution in [0.3, 0.4) is 0 Å². The molecule has 0 aliphatic carbocycles. The Morgan fingerprint density at radius 2 is 2.13 bits per heavy atom. The second-order valence-corrected chi connectivity index (χ2v) is 3.00. The molecular weight excluding hydrogens is 192 g/mol. The third-order valence-corrected chi connectivity index (χ3v) is 1.86. The van der Waals surface area contributed by atoms with Crippen molar-refractivity contribution in [2.24, 2.45) is 0 Å². The molecule has 0 bridgehead atoms.